The van der Waals surface area contributed by atoms with Gasteiger partial charge in [-0.1, -0.05) is 36.4 Å². The molecule has 1 aromatic rings. The van der Waals surface area contributed by atoms with Crippen LogP contribution in [-0.2, 0) is 5.60 Å². The zero-order chi connectivity index (χ0) is 14.0. The lowest BCUT2D eigenvalue weighted by Gasteiger charge is -2.38. The molecule has 0 aromatic heterocycles. The van der Waals surface area contributed by atoms with Crippen molar-refractivity contribution in [1.29, 1.82) is 0 Å². The van der Waals surface area contributed by atoms with Crippen LogP contribution in [0.1, 0.15) is 32.3 Å². The molecule has 2 atom stereocenters. The highest BCUT2D eigenvalue weighted by Crippen LogP contribution is 2.45. The molecular weight excluding hydrogens is 236 g/mol. The van der Waals surface area contributed by atoms with E-state index >= 15 is 0 Å². The van der Waals surface area contributed by atoms with Crippen LogP contribution in [0.25, 0.3) is 0 Å². The summed E-state index contributed by atoms with van der Waals surface area (Å²) >= 11 is 0. The van der Waals surface area contributed by atoms with E-state index in [0.717, 1.165) is 28.9 Å². The molecule has 2 rings (SSSR count). The largest absolute Gasteiger partial charge is 0.496 e. The highest BCUT2D eigenvalue weighted by Gasteiger charge is 2.38. The fraction of sp³-hybridized carbons (Fsp3) is 0.412. The van der Waals surface area contributed by atoms with Gasteiger partial charge < -0.3 is 9.84 Å². The molecule has 102 valence electrons. The molecule has 0 bridgehead atoms. The van der Waals surface area contributed by atoms with Gasteiger partial charge in [-0.3, -0.25) is 0 Å². The summed E-state index contributed by atoms with van der Waals surface area (Å²) in [4.78, 5) is 0. The second-order valence-electron chi connectivity index (χ2n) is 5.43. The first-order valence-corrected chi connectivity index (χ1v) is 6.67. The lowest BCUT2D eigenvalue weighted by Crippen LogP contribution is -2.33. The molecule has 0 spiro atoms. The molecular formula is C17H22O2. The topological polar surface area (TPSA) is 29.5 Å². The Labute approximate surface area is 115 Å². The molecule has 2 heteroatoms. The third-order valence-electron chi connectivity index (χ3n) is 4.15. The molecule has 0 saturated carbocycles. The van der Waals surface area contributed by atoms with Crippen molar-refractivity contribution in [3.8, 4) is 5.75 Å². The third-order valence-corrected chi connectivity index (χ3v) is 4.15. The molecule has 1 unspecified atom stereocenters. The molecule has 1 aliphatic rings. The van der Waals surface area contributed by atoms with Crippen molar-refractivity contribution in [3.05, 3.63) is 53.6 Å². The lowest BCUT2D eigenvalue weighted by molar-refractivity contribution is 0.0439. The lowest BCUT2D eigenvalue weighted by atomic mass is 9.72. The van der Waals surface area contributed by atoms with Gasteiger partial charge in [0.1, 0.15) is 11.4 Å². The first kappa shape index (κ1) is 13.9. The summed E-state index contributed by atoms with van der Waals surface area (Å²) in [7, 11) is 1.64. The zero-order valence-corrected chi connectivity index (χ0v) is 11.9. The normalized spacial score (nSPS) is 26.7. The van der Waals surface area contributed by atoms with E-state index in [1.165, 1.54) is 0 Å². The van der Waals surface area contributed by atoms with Crippen LogP contribution in [0, 0.1) is 5.92 Å². The van der Waals surface area contributed by atoms with E-state index < -0.39 is 5.60 Å². The number of benzene rings is 1. The number of hydrogen-bond acceptors (Lipinski definition) is 2. The predicted octanol–water partition coefficient (Wildman–Crippen LogP) is 3.82. The van der Waals surface area contributed by atoms with Gasteiger partial charge in [-0.05, 0) is 44.2 Å². The Morgan fingerprint density at radius 3 is 2.74 bits per heavy atom. The summed E-state index contributed by atoms with van der Waals surface area (Å²) in [6, 6.07) is 7.69. The summed E-state index contributed by atoms with van der Waals surface area (Å²) in [6.45, 7) is 8.05. The first-order chi connectivity index (χ1) is 8.99. The molecule has 0 amide bonds. The van der Waals surface area contributed by atoms with Crippen LogP contribution in [0.4, 0.5) is 0 Å². The number of allylic oxidation sites excluding steroid dienone is 2. The molecule has 2 nitrogen and oxygen atoms in total. The number of ether oxygens (including phenoxy) is 1. The van der Waals surface area contributed by atoms with E-state index in [4.69, 9.17) is 4.74 Å². The Hall–Kier alpha value is -1.54. The third kappa shape index (κ3) is 2.45. The van der Waals surface area contributed by atoms with Gasteiger partial charge >= 0.3 is 0 Å². The minimum absolute atomic E-state index is 0.318. The van der Waals surface area contributed by atoms with Gasteiger partial charge in [-0.25, -0.2) is 0 Å². The van der Waals surface area contributed by atoms with Crippen molar-refractivity contribution in [2.45, 2.75) is 32.3 Å². The van der Waals surface area contributed by atoms with Crippen molar-refractivity contribution < 1.29 is 9.84 Å². The Bertz CT molecular complexity index is 516. The summed E-state index contributed by atoms with van der Waals surface area (Å²) < 4.78 is 5.40. The van der Waals surface area contributed by atoms with E-state index in [0.29, 0.717) is 12.3 Å². The summed E-state index contributed by atoms with van der Waals surface area (Å²) in [6.07, 6.45) is 3.75. The maximum atomic E-state index is 11.2. The number of aliphatic hydroxyl groups is 1. The van der Waals surface area contributed by atoms with Gasteiger partial charge in [0.15, 0.2) is 0 Å². The van der Waals surface area contributed by atoms with Gasteiger partial charge in [0.2, 0.25) is 0 Å². The number of methoxy groups -OCH3 is 1. The SMILES string of the molecule is C=C(C)[C@H]1CC=C(C)C(O)(c2ccccc2OC)C1. The van der Waals surface area contributed by atoms with Crippen molar-refractivity contribution in [1.82, 2.24) is 0 Å². The van der Waals surface area contributed by atoms with E-state index in [1.54, 1.807) is 7.11 Å². The first-order valence-electron chi connectivity index (χ1n) is 6.67. The fourth-order valence-electron chi connectivity index (χ4n) is 2.77. The van der Waals surface area contributed by atoms with Crippen LogP contribution in [0.15, 0.2) is 48.1 Å². The maximum Gasteiger partial charge on any atom is 0.125 e. The number of para-hydroxylation sites is 1. The molecule has 0 fully saturated rings. The standard InChI is InChI=1S/C17H22O2/c1-12(2)14-10-9-13(3)17(18,11-14)15-7-5-6-8-16(15)19-4/h5-9,14,18H,1,10-11H2,2-4H3/t14-,17?/m0/s1. The Morgan fingerprint density at radius 1 is 1.42 bits per heavy atom. The van der Waals surface area contributed by atoms with Crippen molar-refractivity contribution in [2.24, 2.45) is 5.92 Å². The maximum absolute atomic E-state index is 11.2. The van der Waals surface area contributed by atoms with E-state index in [2.05, 4.69) is 12.7 Å². The fourth-order valence-corrected chi connectivity index (χ4v) is 2.77. The molecule has 0 heterocycles. The van der Waals surface area contributed by atoms with Gasteiger partial charge in [0.25, 0.3) is 0 Å². The smallest absolute Gasteiger partial charge is 0.125 e. The summed E-state index contributed by atoms with van der Waals surface area (Å²) in [5, 5.41) is 11.2. The van der Waals surface area contributed by atoms with Crippen LogP contribution >= 0.6 is 0 Å². The summed E-state index contributed by atoms with van der Waals surface area (Å²) in [5.41, 5.74) is 2.01. The second-order valence-corrected chi connectivity index (χ2v) is 5.43. The van der Waals surface area contributed by atoms with Crippen molar-refractivity contribution in [3.63, 3.8) is 0 Å². The van der Waals surface area contributed by atoms with E-state index in [9.17, 15) is 5.11 Å². The van der Waals surface area contributed by atoms with Crippen LogP contribution in [0.2, 0.25) is 0 Å². The Balaban J connectivity index is 2.48. The van der Waals surface area contributed by atoms with Crippen LogP contribution in [0.3, 0.4) is 0 Å². The highest BCUT2D eigenvalue weighted by atomic mass is 16.5. The van der Waals surface area contributed by atoms with Gasteiger partial charge in [0, 0.05) is 5.56 Å². The average Bonchev–Trinajstić information content (AvgIpc) is 2.41. The van der Waals surface area contributed by atoms with Crippen molar-refractivity contribution >= 4 is 0 Å². The molecule has 1 aliphatic carbocycles. The molecule has 1 N–H and O–H groups in total. The average molecular weight is 258 g/mol. The predicted molar refractivity (Wildman–Crippen MR) is 78.2 cm³/mol. The minimum Gasteiger partial charge on any atom is -0.496 e. The molecule has 0 aliphatic heterocycles. The summed E-state index contributed by atoms with van der Waals surface area (Å²) in [5.74, 6) is 1.05. The van der Waals surface area contributed by atoms with Crippen LogP contribution < -0.4 is 4.74 Å². The van der Waals surface area contributed by atoms with Gasteiger partial charge in [-0.2, -0.15) is 0 Å². The second kappa shape index (κ2) is 5.22. The molecule has 0 saturated heterocycles. The van der Waals surface area contributed by atoms with Crippen LogP contribution in [0.5, 0.6) is 5.75 Å². The molecule has 0 radical (unpaired) electrons. The Morgan fingerprint density at radius 2 is 2.11 bits per heavy atom. The monoisotopic (exact) mass is 258 g/mol. The number of hydrogen-bond donors (Lipinski definition) is 1. The minimum atomic E-state index is -0.950. The molecule has 1 aromatic carbocycles. The van der Waals surface area contributed by atoms with Gasteiger partial charge in [-0.15, -0.1) is 0 Å². The molecule has 19 heavy (non-hydrogen) atoms. The van der Waals surface area contributed by atoms with E-state index in [-0.39, 0.29) is 0 Å². The Kier molecular flexibility index (Phi) is 3.81. The zero-order valence-electron chi connectivity index (χ0n) is 11.9. The highest BCUT2D eigenvalue weighted by molar-refractivity contribution is 5.44. The van der Waals surface area contributed by atoms with E-state index in [1.807, 2.05) is 38.1 Å². The quantitative estimate of drug-likeness (QED) is 0.835. The van der Waals surface area contributed by atoms with Crippen molar-refractivity contribution in [2.75, 3.05) is 7.11 Å². The van der Waals surface area contributed by atoms with Gasteiger partial charge in [0.05, 0.1) is 7.11 Å². The number of rotatable bonds is 3. The van der Waals surface area contributed by atoms with Crippen LogP contribution in [-0.4, -0.2) is 12.2 Å².